The van der Waals surface area contributed by atoms with E-state index in [1.165, 1.54) is 19.3 Å². The van der Waals surface area contributed by atoms with Crippen molar-refractivity contribution >= 4 is 22.4 Å². The van der Waals surface area contributed by atoms with E-state index >= 15 is 0 Å². The first-order valence-electron chi connectivity index (χ1n) is 10.6. The summed E-state index contributed by atoms with van der Waals surface area (Å²) in [6.45, 7) is 4.33. The van der Waals surface area contributed by atoms with Crippen molar-refractivity contribution in [1.82, 2.24) is 5.32 Å². The summed E-state index contributed by atoms with van der Waals surface area (Å²) < 4.78 is 12.6. The van der Waals surface area contributed by atoms with Crippen molar-refractivity contribution in [2.45, 2.75) is 69.3 Å². The molecule has 1 aliphatic carbocycles. The highest BCUT2D eigenvalue weighted by Gasteiger charge is 2.22. The molecule has 1 aliphatic heterocycles. The predicted molar refractivity (Wildman–Crippen MR) is 113 cm³/mol. The van der Waals surface area contributed by atoms with Crippen LogP contribution in [-0.4, -0.2) is 28.5 Å². The summed E-state index contributed by atoms with van der Waals surface area (Å²) in [5.74, 6) is 1.74. The van der Waals surface area contributed by atoms with Crippen molar-refractivity contribution in [2.75, 3.05) is 18.4 Å². The van der Waals surface area contributed by atoms with Gasteiger partial charge in [-0.05, 0) is 68.3 Å². The van der Waals surface area contributed by atoms with Crippen LogP contribution < -0.4 is 10.6 Å². The van der Waals surface area contributed by atoms with Crippen LogP contribution in [0.3, 0.4) is 0 Å². The van der Waals surface area contributed by atoms with Gasteiger partial charge in [-0.1, -0.05) is 38.3 Å². The molecule has 1 saturated carbocycles. The largest absolute Gasteiger partial charge is 0.326 e. The first kappa shape index (κ1) is 20.5. The van der Waals surface area contributed by atoms with Crippen LogP contribution in [-0.2, 0) is 21.3 Å². The zero-order valence-electron chi connectivity index (χ0n) is 16.5. The average Bonchev–Trinajstić information content (AvgIpc) is 2.69. The lowest BCUT2D eigenvalue weighted by Gasteiger charge is -2.27. The van der Waals surface area contributed by atoms with E-state index in [2.05, 4.69) is 17.6 Å². The molecule has 1 amide bonds. The van der Waals surface area contributed by atoms with Crippen LogP contribution in [0, 0.1) is 11.8 Å². The molecule has 5 heteroatoms. The number of rotatable bonds is 7. The summed E-state index contributed by atoms with van der Waals surface area (Å²) in [5, 5.41) is 6.78. The van der Waals surface area contributed by atoms with Gasteiger partial charge < -0.3 is 10.6 Å². The number of amides is 1. The van der Waals surface area contributed by atoms with E-state index in [1.807, 2.05) is 24.3 Å². The summed E-state index contributed by atoms with van der Waals surface area (Å²) >= 11 is 0. The number of benzene rings is 1. The van der Waals surface area contributed by atoms with E-state index in [0.717, 1.165) is 50.0 Å². The number of carbonyl (C=O) groups is 1. The molecule has 2 N–H and O–H groups in total. The van der Waals surface area contributed by atoms with Gasteiger partial charge in [0.15, 0.2) is 0 Å². The van der Waals surface area contributed by atoms with Gasteiger partial charge in [0.1, 0.15) is 0 Å². The standard InChI is InChI=1S/C22H34N2O2S/c1-17(19-10-12-23-13-11-19)14-22(25)24-20-7-5-6-18(15-20)16-27(26)21-8-3-2-4-9-21/h5-7,15,17,19,21,23H,2-4,8-14,16H2,1H3,(H,24,25). The highest BCUT2D eigenvalue weighted by atomic mass is 32.2. The normalized spacial score (nSPS) is 21.5. The van der Waals surface area contributed by atoms with Gasteiger partial charge in [-0.15, -0.1) is 0 Å². The quantitative estimate of drug-likeness (QED) is 0.732. The summed E-state index contributed by atoms with van der Waals surface area (Å²) in [4.78, 5) is 12.5. The molecule has 1 aromatic rings. The summed E-state index contributed by atoms with van der Waals surface area (Å²) in [7, 11) is -0.810. The van der Waals surface area contributed by atoms with Crippen LogP contribution in [0.1, 0.15) is 63.9 Å². The first-order valence-corrected chi connectivity index (χ1v) is 12.0. The Hall–Kier alpha value is -1.20. The minimum absolute atomic E-state index is 0.0894. The van der Waals surface area contributed by atoms with Gasteiger partial charge in [-0.25, -0.2) is 0 Å². The topological polar surface area (TPSA) is 58.2 Å². The Morgan fingerprint density at radius 1 is 1.19 bits per heavy atom. The number of hydrogen-bond acceptors (Lipinski definition) is 3. The Balaban J connectivity index is 1.50. The third kappa shape index (κ3) is 6.42. The number of anilines is 1. The van der Waals surface area contributed by atoms with Crippen LogP contribution in [0.5, 0.6) is 0 Å². The molecule has 1 heterocycles. The summed E-state index contributed by atoms with van der Waals surface area (Å²) in [6.07, 6.45) is 8.79. The van der Waals surface area contributed by atoms with Gasteiger partial charge in [0.2, 0.25) is 5.91 Å². The van der Waals surface area contributed by atoms with Crippen LogP contribution >= 0.6 is 0 Å². The molecule has 0 aromatic heterocycles. The molecule has 4 nitrogen and oxygen atoms in total. The SMILES string of the molecule is CC(CC(=O)Nc1cccc(CS(=O)C2CCCCC2)c1)C1CCNCC1. The minimum Gasteiger partial charge on any atom is -0.326 e. The average molecular weight is 391 g/mol. The van der Waals surface area contributed by atoms with Crippen molar-refractivity contribution < 1.29 is 9.00 Å². The molecule has 0 radical (unpaired) electrons. The van der Waals surface area contributed by atoms with Crippen LogP contribution in [0.2, 0.25) is 0 Å². The fraction of sp³-hybridized carbons (Fsp3) is 0.682. The molecule has 0 bridgehead atoms. The zero-order valence-corrected chi connectivity index (χ0v) is 17.4. The van der Waals surface area contributed by atoms with E-state index in [1.54, 1.807) is 0 Å². The fourth-order valence-electron chi connectivity index (χ4n) is 4.43. The maximum Gasteiger partial charge on any atom is 0.224 e. The molecule has 150 valence electrons. The third-order valence-corrected chi connectivity index (χ3v) is 7.97. The lowest BCUT2D eigenvalue weighted by Crippen LogP contribution is -2.32. The smallest absolute Gasteiger partial charge is 0.224 e. The van der Waals surface area contributed by atoms with E-state index in [-0.39, 0.29) is 5.91 Å². The van der Waals surface area contributed by atoms with Crippen molar-refractivity contribution in [3.8, 4) is 0 Å². The molecule has 2 aliphatic rings. The van der Waals surface area contributed by atoms with Gasteiger partial charge in [-0.2, -0.15) is 0 Å². The zero-order chi connectivity index (χ0) is 19.1. The third-order valence-electron chi connectivity index (χ3n) is 6.14. The van der Waals surface area contributed by atoms with Crippen LogP contribution in [0.4, 0.5) is 5.69 Å². The maximum atomic E-state index is 12.6. The molecule has 1 saturated heterocycles. The van der Waals surface area contributed by atoms with Crippen molar-refractivity contribution in [2.24, 2.45) is 11.8 Å². The molecule has 2 unspecified atom stereocenters. The lowest BCUT2D eigenvalue weighted by atomic mass is 9.84. The predicted octanol–water partition coefficient (Wildman–Crippen LogP) is 4.23. The maximum absolute atomic E-state index is 12.6. The Bertz CT molecular complexity index is 637. The summed E-state index contributed by atoms with van der Waals surface area (Å²) in [6, 6.07) is 7.90. The molecule has 2 fully saturated rings. The highest BCUT2D eigenvalue weighted by molar-refractivity contribution is 7.84. The minimum atomic E-state index is -0.810. The van der Waals surface area contributed by atoms with Gasteiger partial charge in [0.25, 0.3) is 0 Å². The van der Waals surface area contributed by atoms with Crippen molar-refractivity contribution in [3.05, 3.63) is 29.8 Å². The van der Waals surface area contributed by atoms with Crippen molar-refractivity contribution in [3.63, 3.8) is 0 Å². The van der Waals surface area contributed by atoms with E-state index in [9.17, 15) is 9.00 Å². The van der Waals surface area contributed by atoms with Gasteiger partial charge >= 0.3 is 0 Å². The molecule has 1 aromatic carbocycles. The Morgan fingerprint density at radius 2 is 1.93 bits per heavy atom. The van der Waals surface area contributed by atoms with Crippen LogP contribution in [0.25, 0.3) is 0 Å². The fourth-order valence-corrected chi connectivity index (χ4v) is 6.04. The van der Waals surface area contributed by atoms with Gasteiger partial charge in [0, 0.05) is 33.9 Å². The van der Waals surface area contributed by atoms with Gasteiger partial charge in [-0.3, -0.25) is 9.00 Å². The second-order valence-electron chi connectivity index (χ2n) is 8.30. The number of nitrogens with one attached hydrogen (secondary N) is 2. The van der Waals surface area contributed by atoms with Crippen LogP contribution in [0.15, 0.2) is 24.3 Å². The molecule has 27 heavy (non-hydrogen) atoms. The summed E-state index contributed by atoms with van der Waals surface area (Å²) in [5.41, 5.74) is 1.89. The van der Waals surface area contributed by atoms with Gasteiger partial charge in [0.05, 0.1) is 0 Å². The number of carbonyl (C=O) groups excluding carboxylic acids is 1. The van der Waals surface area contributed by atoms with E-state index in [0.29, 0.717) is 29.3 Å². The Labute approximate surface area is 166 Å². The van der Waals surface area contributed by atoms with Crippen molar-refractivity contribution in [1.29, 1.82) is 0 Å². The number of piperidine rings is 1. The molecular weight excluding hydrogens is 356 g/mol. The Morgan fingerprint density at radius 3 is 2.67 bits per heavy atom. The second kappa shape index (κ2) is 10.4. The molecular formula is C22H34N2O2S. The van der Waals surface area contributed by atoms with E-state index in [4.69, 9.17) is 0 Å². The monoisotopic (exact) mass is 390 g/mol. The molecule has 3 rings (SSSR count). The lowest BCUT2D eigenvalue weighted by molar-refractivity contribution is -0.117. The van der Waals surface area contributed by atoms with E-state index < -0.39 is 10.8 Å². The number of hydrogen-bond donors (Lipinski definition) is 2. The second-order valence-corrected chi connectivity index (χ2v) is 10.0. The molecule has 0 spiro atoms. The highest BCUT2D eigenvalue weighted by Crippen LogP contribution is 2.26. The Kier molecular flexibility index (Phi) is 7.89. The first-order chi connectivity index (χ1) is 13.1. The molecule has 2 atom stereocenters.